The average molecular weight is 182 g/mol. The number of aromatic nitrogens is 3. The van der Waals surface area contributed by atoms with E-state index in [9.17, 15) is 4.79 Å². The van der Waals surface area contributed by atoms with E-state index in [-0.39, 0.29) is 11.3 Å². The predicted octanol–water partition coefficient (Wildman–Crippen LogP) is 0.784. The number of carbonyl (C=O) groups is 1. The molecule has 0 radical (unpaired) electrons. The number of nitrogens with one attached hydrogen (secondary N) is 1. The topological polar surface area (TPSA) is 59.8 Å². The first-order valence-corrected chi connectivity index (χ1v) is 4.12. The van der Waals surface area contributed by atoms with Gasteiger partial charge in [-0.25, -0.2) is 4.68 Å². The highest BCUT2D eigenvalue weighted by molar-refractivity contribution is 5.84. The van der Waals surface area contributed by atoms with Crippen LogP contribution in [0.5, 0.6) is 0 Å². The molecule has 13 heavy (non-hydrogen) atoms. The van der Waals surface area contributed by atoms with Gasteiger partial charge in [-0.05, 0) is 5.41 Å². The van der Waals surface area contributed by atoms with Crippen molar-refractivity contribution in [3.05, 3.63) is 12.7 Å². The third-order valence-electron chi connectivity index (χ3n) is 1.36. The van der Waals surface area contributed by atoms with E-state index in [4.69, 9.17) is 0 Å². The zero-order valence-electron chi connectivity index (χ0n) is 8.11. The van der Waals surface area contributed by atoms with Crippen molar-refractivity contribution in [2.75, 3.05) is 5.43 Å². The Hall–Kier alpha value is -1.39. The van der Waals surface area contributed by atoms with E-state index < -0.39 is 0 Å². The van der Waals surface area contributed by atoms with Crippen molar-refractivity contribution in [2.24, 2.45) is 5.41 Å². The molecule has 0 aliphatic carbocycles. The molecule has 1 aromatic heterocycles. The van der Waals surface area contributed by atoms with Crippen LogP contribution in [0.4, 0.5) is 0 Å². The van der Waals surface area contributed by atoms with Gasteiger partial charge in [-0.15, -0.1) is 10.2 Å². The van der Waals surface area contributed by atoms with Crippen LogP contribution in [0, 0.1) is 5.41 Å². The Labute approximate surface area is 77.1 Å². The molecule has 0 aromatic carbocycles. The Kier molecular flexibility index (Phi) is 2.65. The van der Waals surface area contributed by atoms with Crippen molar-refractivity contribution in [1.29, 1.82) is 0 Å². The van der Waals surface area contributed by atoms with E-state index >= 15 is 0 Å². The van der Waals surface area contributed by atoms with Crippen LogP contribution in [0.2, 0.25) is 0 Å². The van der Waals surface area contributed by atoms with Crippen LogP contribution in [-0.4, -0.2) is 20.8 Å². The second-order valence-corrected chi connectivity index (χ2v) is 4.14. The molecule has 1 aromatic rings. The second-order valence-electron chi connectivity index (χ2n) is 4.14. The molecule has 0 bridgehead atoms. The maximum Gasteiger partial charge on any atom is 0.239 e. The van der Waals surface area contributed by atoms with Gasteiger partial charge in [-0.3, -0.25) is 10.2 Å². The lowest BCUT2D eigenvalue weighted by Gasteiger charge is -2.16. The van der Waals surface area contributed by atoms with Crippen LogP contribution in [0.15, 0.2) is 12.7 Å². The van der Waals surface area contributed by atoms with Crippen molar-refractivity contribution in [3.63, 3.8) is 0 Å². The van der Waals surface area contributed by atoms with Gasteiger partial charge in [0.05, 0.1) is 0 Å². The molecule has 0 unspecified atom stereocenters. The van der Waals surface area contributed by atoms with Gasteiger partial charge in [-0.1, -0.05) is 20.8 Å². The van der Waals surface area contributed by atoms with Crippen LogP contribution in [0.25, 0.3) is 0 Å². The van der Waals surface area contributed by atoms with E-state index in [1.54, 1.807) is 0 Å². The quantitative estimate of drug-likeness (QED) is 0.735. The molecule has 1 amide bonds. The maximum atomic E-state index is 11.3. The normalized spacial score (nSPS) is 11.3. The van der Waals surface area contributed by atoms with Crippen LogP contribution >= 0.6 is 0 Å². The average Bonchev–Trinajstić information content (AvgIpc) is 2.34. The molecule has 0 spiro atoms. The molecule has 0 saturated heterocycles. The van der Waals surface area contributed by atoms with Crippen LogP contribution in [-0.2, 0) is 4.79 Å². The summed E-state index contributed by atoms with van der Waals surface area (Å²) in [6.07, 6.45) is 3.37. The zero-order valence-corrected chi connectivity index (χ0v) is 8.11. The fourth-order valence-electron chi connectivity index (χ4n) is 0.924. The summed E-state index contributed by atoms with van der Waals surface area (Å²) in [5.74, 6) is -0.0349. The van der Waals surface area contributed by atoms with Crippen molar-refractivity contribution >= 4 is 5.91 Å². The van der Waals surface area contributed by atoms with Gasteiger partial charge in [0, 0.05) is 6.42 Å². The van der Waals surface area contributed by atoms with Gasteiger partial charge in [-0.2, -0.15) is 0 Å². The lowest BCUT2D eigenvalue weighted by atomic mass is 9.92. The van der Waals surface area contributed by atoms with Gasteiger partial charge in [0.2, 0.25) is 5.91 Å². The molecule has 1 rings (SSSR count). The molecule has 0 saturated carbocycles. The summed E-state index contributed by atoms with van der Waals surface area (Å²) in [6, 6.07) is 0. The summed E-state index contributed by atoms with van der Waals surface area (Å²) in [6.45, 7) is 6.04. The molecule has 5 heteroatoms. The minimum absolute atomic E-state index is 0.00189. The zero-order chi connectivity index (χ0) is 9.90. The van der Waals surface area contributed by atoms with E-state index in [0.29, 0.717) is 6.42 Å². The van der Waals surface area contributed by atoms with Crippen molar-refractivity contribution in [3.8, 4) is 0 Å². The molecule has 0 aliphatic rings. The fraction of sp³-hybridized carbons (Fsp3) is 0.625. The Balaban J connectivity index is 2.43. The molecule has 0 atom stereocenters. The van der Waals surface area contributed by atoms with E-state index in [0.717, 1.165) is 0 Å². The van der Waals surface area contributed by atoms with Crippen LogP contribution < -0.4 is 5.43 Å². The van der Waals surface area contributed by atoms with Crippen molar-refractivity contribution < 1.29 is 4.79 Å². The van der Waals surface area contributed by atoms with E-state index in [1.807, 2.05) is 20.8 Å². The molecule has 5 nitrogen and oxygen atoms in total. The number of nitrogens with zero attached hydrogens (tertiary/aromatic N) is 3. The van der Waals surface area contributed by atoms with Gasteiger partial charge in [0.25, 0.3) is 0 Å². The van der Waals surface area contributed by atoms with E-state index in [1.165, 1.54) is 17.3 Å². The van der Waals surface area contributed by atoms with Gasteiger partial charge < -0.3 is 0 Å². The smallest absolute Gasteiger partial charge is 0.239 e. The third kappa shape index (κ3) is 3.68. The number of hydrogen-bond donors (Lipinski definition) is 1. The summed E-state index contributed by atoms with van der Waals surface area (Å²) >= 11 is 0. The highest BCUT2D eigenvalue weighted by Gasteiger charge is 2.15. The molecule has 1 N–H and O–H groups in total. The fourth-order valence-corrected chi connectivity index (χ4v) is 0.924. The highest BCUT2D eigenvalue weighted by Crippen LogP contribution is 2.17. The Morgan fingerprint density at radius 1 is 1.38 bits per heavy atom. The molecule has 0 fully saturated rings. The number of hydrogen-bond acceptors (Lipinski definition) is 3. The van der Waals surface area contributed by atoms with E-state index in [2.05, 4.69) is 15.6 Å². The lowest BCUT2D eigenvalue weighted by Crippen LogP contribution is -2.25. The van der Waals surface area contributed by atoms with Crippen LogP contribution in [0.1, 0.15) is 27.2 Å². The Morgan fingerprint density at radius 3 is 2.38 bits per heavy atom. The Morgan fingerprint density at radius 2 is 1.92 bits per heavy atom. The first-order chi connectivity index (χ1) is 5.97. The van der Waals surface area contributed by atoms with Crippen LogP contribution in [0.3, 0.4) is 0 Å². The summed E-state index contributed by atoms with van der Waals surface area (Å²) in [7, 11) is 0. The number of carbonyl (C=O) groups excluding carboxylic acids is 1. The van der Waals surface area contributed by atoms with Gasteiger partial charge in [0.1, 0.15) is 12.7 Å². The molecule has 72 valence electrons. The lowest BCUT2D eigenvalue weighted by molar-refractivity contribution is -0.118. The van der Waals surface area contributed by atoms with Gasteiger partial charge in [0.15, 0.2) is 0 Å². The highest BCUT2D eigenvalue weighted by atomic mass is 16.2. The van der Waals surface area contributed by atoms with Gasteiger partial charge >= 0.3 is 0 Å². The Bertz CT molecular complexity index is 273. The summed E-state index contributed by atoms with van der Waals surface area (Å²) in [4.78, 5) is 11.3. The summed E-state index contributed by atoms with van der Waals surface area (Å²) < 4.78 is 1.44. The summed E-state index contributed by atoms with van der Waals surface area (Å²) in [5.41, 5.74) is 2.63. The first-order valence-electron chi connectivity index (χ1n) is 4.12. The SMILES string of the molecule is CC(C)(C)CC(=O)Nn1cnnc1. The van der Waals surface area contributed by atoms with Crippen molar-refractivity contribution in [2.45, 2.75) is 27.2 Å². The standard InChI is InChI=1S/C8H14N4O/c1-8(2,3)4-7(13)11-12-5-9-10-6-12/h5-6H,4H2,1-3H3,(H,11,13). The molecule has 1 heterocycles. The molecular weight excluding hydrogens is 168 g/mol. The maximum absolute atomic E-state index is 11.3. The third-order valence-corrected chi connectivity index (χ3v) is 1.36. The monoisotopic (exact) mass is 182 g/mol. The largest absolute Gasteiger partial charge is 0.273 e. The molecule has 0 aliphatic heterocycles. The molecular formula is C8H14N4O. The second kappa shape index (κ2) is 3.55. The predicted molar refractivity (Wildman–Crippen MR) is 48.5 cm³/mol. The number of amides is 1. The van der Waals surface area contributed by atoms with Crippen molar-refractivity contribution in [1.82, 2.24) is 14.9 Å². The minimum Gasteiger partial charge on any atom is -0.273 e. The first kappa shape index (κ1) is 9.70. The minimum atomic E-state index is -0.0349. The summed E-state index contributed by atoms with van der Waals surface area (Å²) in [5, 5.41) is 7.14. The number of rotatable bonds is 2.